The first-order chi connectivity index (χ1) is 8.70. The van der Waals surface area contributed by atoms with Crippen LogP contribution in [-0.2, 0) is 0 Å². The fourth-order valence-corrected chi connectivity index (χ4v) is 3.35. The molecule has 0 amide bonds. The molecule has 0 aromatic heterocycles. The molecule has 1 heterocycles. The molecule has 0 aromatic rings. The van der Waals surface area contributed by atoms with Crippen molar-refractivity contribution in [2.75, 3.05) is 26.2 Å². The Morgan fingerprint density at radius 2 is 1.78 bits per heavy atom. The molecule has 1 saturated heterocycles. The lowest BCUT2D eigenvalue weighted by Crippen LogP contribution is -2.44. The molecule has 2 aliphatic rings. The average molecular weight is 256 g/mol. The highest BCUT2D eigenvalue weighted by molar-refractivity contribution is 4.88. The fourth-order valence-electron chi connectivity index (χ4n) is 3.35. The van der Waals surface area contributed by atoms with Crippen LogP contribution in [0.2, 0.25) is 0 Å². The third kappa shape index (κ3) is 3.67. The van der Waals surface area contributed by atoms with Crippen LogP contribution in [0.4, 0.5) is 0 Å². The van der Waals surface area contributed by atoms with Crippen LogP contribution in [0, 0.1) is 5.92 Å². The van der Waals surface area contributed by atoms with Gasteiger partial charge in [-0.25, -0.2) is 0 Å². The van der Waals surface area contributed by atoms with Crippen LogP contribution < -0.4 is 5.32 Å². The van der Waals surface area contributed by atoms with E-state index in [0.717, 1.165) is 13.1 Å². The summed E-state index contributed by atoms with van der Waals surface area (Å²) in [5.41, 5.74) is 0. The molecule has 0 aromatic carbocycles. The quantitative estimate of drug-likeness (QED) is 0.673. The number of likely N-dealkylation sites (tertiary alicyclic amines) is 1. The first-order valence-corrected chi connectivity index (χ1v) is 7.52. The van der Waals surface area contributed by atoms with Crippen molar-refractivity contribution in [3.63, 3.8) is 0 Å². The first-order valence-electron chi connectivity index (χ1n) is 7.52. The molecule has 4 heteroatoms. The summed E-state index contributed by atoms with van der Waals surface area (Å²) in [6.45, 7) is 5.61. The number of nitrogens with zero attached hydrogens (tertiary/aromatic N) is 1. The lowest BCUT2D eigenvalue weighted by Gasteiger charge is -2.35. The van der Waals surface area contributed by atoms with Gasteiger partial charge < -0.3 is 15.5 Å². The number of nitrogens with one attached hydrogen (secondary N) is 1. The van der Waals surface area contributed by atoms with E-state index in [1.165, 1.54) is 32.1 Å². The summed E-state index contributed by atoms with van der Waals surface area (Å²) in [4.78, 5) is 2.23. The molecule has 1 saturated carbocycles. The van der Waals surface area contributed by atoms with Crippen LogP contribution in [-0.4, -0.2) is 59.5 Å². The van der Waals surface area contributed by atoms with E-state index >= 15 is 0 Å². The van der Waals surface area contributed by atoms with E-state index in [1.54, 1.807) is 0 Å². The highest BCUT2D eigenvalue weighted by Crippen LogP contribution is 2.26. The minimum Gasteiger partial charge on any atom is -0.389 e. The molecule has 1 aliphatic carbocycles. The average Bonchev–Trinajstić information content (AvgIpc) is 2.67. The molecule has 4 unspecified atom stereocenters. The Labute approximate surface area is 110 Å². The van der Waals surface area contributed by atoms with Crippen molar-refractivity contribution in [3.8, 4) is 0 Å². The van der Waals surface area contributed by atoms with Gasteiger partial charge in [-0.3, -0.25) is 4.90 Å². The van der Waals surface area contributed by atoms with Crippen LogP contribution in [0.1, 0.15) is 39.0 Å². The summed E-state index contributed by atoms with van der Waals surface area (Å²) in [5, 5.41) is 22.9. The zero-order valence-corrected chi connectivity index (χ0v) is 11.5. The molecule has 1 aliphatic heterocycles. The molecule has 2 rings (SSSR count). The van der Waals surface area contributed by atoms with Gasteiger partial charge in [0.2, 0.25) is 0 Å². The Kier molecular flexibility index (Phi) is 5.42. The maximum atomic E-state index is 9.60. The van der Waals surface area contributed by atoms with Crippen molar-refractivity contribution >= 4 is 0 Å². The second-order valence-corrected chi connectivity index (χ2v) is 5.96. The molecular weight excluding hydrogens is 228 g/mol. The van der Waals surface area contributed by atoms with Gasteiger partial charge in [0.1, 0.15) is 0 Å². The van der Waals surface area contributed by atoms with Gasteiger partial charge in [-0.15, -0.1) is 0 Å². The largest absolute Gasteiger partial charge is 0.389 e. The second-order valence-electron chi connectivity index (χ2n) is 5.96. The van der Waals surface area contributed by atoms with Crippen LogP contribution in [0.5, 0.6) is 0 Å². The third-order valence-corrected chi connectivity index (χ3v) is 4.39. The van der Waals surface area contributed by atoms with Crippen LogP contribution in [0.3, 0.4) is 0 Å². The highest BCUT2D eigenvalue weighted by atomic mass is 16.3. The third-order valence-electron chi connectivity index (χ3n) is 4.39. The van der Waals surface area contributed by atoms with Crippen LogP contribution in [0.25, 0.3) is 0 Å². The van der Waals surface area contributed by atoms with Crippen molar-refractivity contribution in [3.05, 3.63) is 0 Å². The first kappa shape index (κ1) is 14.3. The SMILES string of the molecule is CCCNC1CCCCC1CN1CC(O)C(O)C1. The van der Waals surface area contributed by atoms with Crippen molar-refractivity contribution < 1.29 is 10.2 Å². The van der Waals surface area contributed by atoms with E-state index in [2.05, 4.69) is 17.1 Å². The number of aliphatic hydroxyl groups excluding tert-OH is 2. The highest BCUT2D eigenvalue weighted by Gasteiger charge is 2.33. The predicted octanol–water partition coefficient (Wildman–Crippen LogP) is 0.582. The van der Waals surface area contributed by atoms with Gasteiger partial charge in [0.25, 0.3) is 0 Å². The van der Waals surface area contributed by atoms with Crippen molar-refractivity contribution in [1.29, 1.82) is 0 Å². The van der Waals surface area contributed by atoms with Crippen LogP contribution >= 0.6 is 0 Å². The summed E-state index contributed by atoms with van der Waals surface area (Å²) >= 11 is 0. The molecule has 0 bridgehead atoms. The molecule has 4 atom stereocenters. The Bertz CT molecular complexity index is 240. The molecule has 18 heavy (non-hydrogen) atoms. The number of hydrogen-bond donors (Lipinski definition) is 3. The zero-order chi connectivity index (χ0) is 13.0. The van der Waals surface area contributed by atoms with Gasteiger partial charge in [0.05, 0.1) is 12.2 Å². The predicted molar refractivity (Wildman–Crippen MR) is 72.5 cm³/mol. The van der Waals surface area contributed by atoms with Gasteiger partial charge in [0, 0.05) is 25.7 Å². The second kappa shape index (κ2) is 6.85. The van der Waals surface area contributed by atoms with Gasteiger partial charge >= 0.3 is 0 Å². The number of β-amino-alcohol motifs (C(OH)–C–C–N with tert-alkyl or cyclic N) is 2. The number of hydrogen-bond acceptors (Lipinski definition) is 4. The molecule has 0 radical (unpaired) electrons. The molecular formula is C14H28N2O2. The monoisotopic (exact) mass is 256 g/mol. The fraction of sp³-hybridized carbons (Fsp3) is 1.00. The number of aliphatic hydroxyl groups is 2. The van der Waals surface area contributed by atoms with Crippen molar-refractivity contribution in [2.24, 2.45) is 5.92 Å². The van der Waals surface area contributed by atoms with E-state index in [0.29, 0.717) is 25.0 Å². The maximum absolute atomic E-state index is 9.60. The van der Waals surface area contributed by atoms with Gasteiger partial charge in [-0.2, -0.15) is 0 Å². The Balaban J connectivity index is 1.81. The minimum atomic E-state index is -0.546. The molecule has 3 N–H and O–H groups in total. The maximum Gasteiger partial charge on any atom is 0.0938 e. The van der Waals surface area contributed by atoms with Crippen LogP contribution in [0.15, 0.2) is 0 Å². The van der Waals surface area contributed by atoms with Gasteiger partial charge in [-0.05, 0) is 31.7 Å². The summed E-state index contributed by atoms with van der Waals surface area (Å²) < 4.78 is 0. The molecule has 106 valence electrons. The van der Waals surface area contributed by atoms with E-state index < -0.39 is 12.2 Å². The Morgan fingerprint density at radius 3 is 2.44 bits per heavy atom. The normalized spacial score (nSPS) is 38.2. The lowest BCUT2D eigenvalue weighted by atomic mass is 9.84. The summed E-state index contributed by atoms with van der Waals surface area (Å²) in [7, 11) is 0. The Hall–Kier alpha value is -0.160. The smallest absolute Gasteiger partial charge is 0.0938 e. The standard InChI is InChI=1S/C14H28N2O2/c1-2-7-15-12-6-4-3-5-11(12)8-16-9-13(17)14(18)10-16/h11-15,17-18H,2-10H2,1H3. The van der Waals surface area contributed by atoms with Crippen molar-refractivity contribution in [2.45, 2.75) is 57.3 Å². The number of rotatable bonds is 5. The van der Waals surface area contributed by atoms with Crippen molar-refractivity contribution in [1.82, 2.24) is 10.2 Å². The van der Waals surface area contributed by atoms with Gasteiger partial charge in [-0.1, -0.05) is 19.8 Å². The Morgan fingerprint density at radius 1 is 1.11 bits per heavy atom. The van der Waals surface area contributed by atoms with E-state index in [4.69, 9.17) is 0 Å². The van der Waals surface area contributed by atoms with E-state index in [9.17, 15) is 10.2 Å². The molecule has 0 spiro atoms. The van der Waals surface area contributed by atoms with E-state index in [-0.39, 0.29) is 0 Å². The zero-order valence-electron chi connectivity index (χ0n) is 11.5. The van der Waals surface area contributed by atoms with E-state index in [1.807, 2.05) is 0 Å². The summed E-state index contributed by atoms with van der Waals surface area (Å²) in [6, 6.07) is 0.633. The topological polar surface area (TPSA) is 55.7 Å². The van der Waals surface area contributed by atoms with Gasteiger partial charge in [0.15, 0.2) is 0 Å². The summed E-state index contributed by atoms with van der Waals surface area (Å²) in [5.74, 6) is 0.683. The summed E-state index contributed by atoms with van der Waals surface area (Å²) in [6.07, 6.45) is 5.32. The molecule has 4 nitrogen and oxygen atoms in total. The molecule has 2 fully saturated rings. The minimum absolute atomic E-state index is 0.546. The lowest BCUT2D eigenvalue weighted by molar-refractivity contribution is 0.0572.